The lowest BCUT2D eigenvalue weighted by atomic mass is 10.0. The van der Waals surface area contributed by atoms with Gasteiger partial charge in [0.2, 0.25) is 0 Å². The van der Waals surface area contributed by atoms with Gasteiger partial charge in [-0.05, 0) is 67.9 Å². The second-order valence-electron chi connectivity index (χ2n) is 9.79. The molecule has 0 aliphatic carbocycles. The number of aromatic amines is 2. The minimum Gasteiger partial charge on any atom is -0.492 e. The summed E-state index contributed by atoms with van der Waals surface area (Å²) in [6, 6.07) is 16.5. The maximum Gasteiger partial charge on any atom is 0.159 e. The summed E-state index contributed by atoms with van der Waals surface area (Å²) in [6.07, 6.45) is 7.75. The molecule has 6 aromatic rings. The lowest BCUT2D eigenvalue weighted by Crippen LogP contribution is -2.25. The summed E-state index contributed by atoms with van der Waals surface area (Å²) in [5, 5.41) is 8.48. The van der Waals surface area contributed by atoms with Gasteiger partial charge >= 0.3 is 0 Å². The molecular formula is C30H26FN7O. The van der Waals surface area contributed by atoms with Gasteiger partial charge in [-0.15, -0.1) is 0 Å². The number of nitrogens with zero attached hydrogens (tertiary/aromatic N) is 5. The van der Waals surface area contributed by atoms with E-state index < -0.39 is 0 Å². The summed E-state index contributed by atoms with van der Waals surface area (Å²) in [7, 11) is 0. The number of hydrogen-bond donors (Lipinski definition) is 2. The molecule has 2 aromatic carbocycles. The fraction of sp³-hybridized carbons (Fsp3) is 0.200. The molecular weight excluding hydrogens is 493 g/mol. The van der Waals surface area contributed by atoms with Crippen LogP contribution >= 0.6 is 0 Å². The van der Waals surface area contributed by atoms with Crippen molar-refractivity contribution in [2.75, 3.05) is 26.2 Å². The molecule has 1 aliphatic heterocycles. The van der Waals surface area contributed by atoms with E-state index in [0.29, 0.717) is 29.4 Å². The molecule has 1 fully saturated rings. The van der Waals surface area contributed by atoms with Crippen LogP contribution in [0.3, 0.4) is 0 Å². The summed E-state index contributed by atoms with van der Waals surface area (Å²) in [6.45, 7) is 3.59. The van der Waals surface area contributed by atoms with E-state index >= 15 is 0 Å². The van der Waals surface area contributed by atoms with Crippen molar-refractivity contribution >= 4 is 21.9 Å². The second-order valence-corrected chi connectivity index (χ2v) is 9.79. The Bertz CT molecular complexity index is 1770. The fourth-order valence-electron chi connectivity index (χ4n) is 5.25. The number of ether oxygens (including phenoxy) is 1. The van der Waals surface area contributed by atoms with Crippen molar-refractivity contribution in [3.05, 3.63) is 79.0 Å². The standard InChI is InChI=1S/C30H26FN7O/c31-21-13-20(14-22(15-21)39-12-11-38-9-1-2-10-38)23-6-3-7-25-28(23)35-30(34-25)29-24-16-26(19-5-4-8-32-17-19)33-18-27(24)36-37-29/h3-8,13-18H,1-2,9-12H2,(H,34,35)(H,36,37). The Labute approximate surface area is 223 Å². The summed E-state index contributed by atoms with van der Waals surface area (Å²) < 4.78 is 20.6. The van der Waals surface area contributed by atoms with E-state index in [9.17, 15) is 4.39 Å². The molecule has 1 saturated heterocycles. The van der Waals surface area contributed by atoms with Crippen LogP contribution in [0.1, 0.15) is 12.8 Å². The maximum absolute atomic E-state index is 14.7. The van der Waals surface area contributed by atoms with Crippen molar-refractivity contribution in [2.24, 2.45) is 0 Å². The van der Waals surface area contributed by atoms with E-state index in [1.165, 1.54) is 25.0 Å². The minimum absolute atomic E-state index is 0.342. The first-order valence-electron chi connectivity index (χ1n) is 13.1. The van der Waals surface area contributed by atoms with Crippen molar-refractivity contribution < 1.29 is 9.13 Å². The molecule has 7 rings (SSSR count). The largest absolute Gasteiger partial charge is 0.492 e. The van der Waals surface area contributed by atoms with Crippen LogP contribution in [0, 0.1) is 5.82 Å². The molecule has 0 unspecified atom stereocenters. The molecule has 0 radical (unpaired) electrons. The van der Waals surface area contributed by atoms with Crippen molar-refractivity contribution in [1.29, 1.82) is 0 Å². The third-order valence-electron chi connectivity index (χ3n) is 7.20. The number of benzene rings is 2. The van der Waals surface area contributed by atoms with Crippen molar-refractivity contribution in [3.8, 4) is 39.7 Å². The lowest BCUT2D eigenvalue weighted by Gasteiger charge is -2.15. The van der Waals surface area contributed by atoms with Crippen LogP contribution in [-0.2, 0) is 0 Å². The van der Waals surface area contributed by atoms with E-state index in [-0.39, 0.29) is 5.82 Å². The number of imidazole rings is 1. The highest BCUT2D eigenvalue weighted by molar-refractivity contribution is 5.97. The van der Waals surface area contributed by atoms with Gasteiger partial charge in [-0.2, -0.15) is 5.10 Å². The van der Waals surface area contributed by atoms with E-state index in [0.717, 1.165) is 58.4 Å². The first kappa shape index (κ1) is 23.5. The highest BCUT2D eigenvalue weighted by atomic mass is 19.1. The summed E-state index contributed by atoms with van der Waals surface area (Å²) in [5.41, 5.74) is 6.31. The smallest absolute Gasteiger partial charge is 0.159 e. The Morgan fingerprint density at radius 3 is 2.74 bits per heavy atom. The highest BCUT2D eigenvalue weighted by Crippen LogP contribution is 2.34. The number of pyridine rings is 2. The molecule has 0 atom stereocenters. The first-order valence-corrected chi connectivity index (χ1v) is 13.1. The van der Waals surface area contributed by atoms with Gasteiger partial charge in [0.25, 0.3) is 0 Å². The normalized spacial score (nSPS) is 14.0. The topological polar surface area (TPSA) is 95.6 Å². The minimum atomic E-state index is -0.342. The average molecular weight is 520 g/mol. The van der Waals surface area contributed by atoms with Gasteiger partial charge in [0.1, 0.15) is 23.9 Å². The average Bonchev–Trinajstić information content (AvgIpc) is 3.72. The van der Waals surface area contributed by atoms with Crippen molar-refractivity contribution in [1.82, 2.24) is 35.0 Å². The SMILES string of the molecule is Fc1cc(OCCN2CCCC2)cc(-c2cccc3[nH]c(-c4n[nH]c5cnc(-c6cccnc6)cc45)nc23)c1. The van der Waals surface area contributed by atoms with Gasteiger partial charge in [-0.25, -0.2) is 9.37 Å². The molecule has 0 bridgehead atoms. The second kappa shape index (κ2) is 9.92. The molecule has 0 spiro atoms. The number of nitrogens with one attached hydrogen (secondary N) is 2. The van der Waals surface area contributed by atoms with Crippen LogP contribution in [-0.4, -0.2) is 61.3 Å². The van der Waals surface area contributed by atoms with Gasteiger partial charge in [0.05, 0.1) is 28.4 Å². The zero-order valence-electron chi connectivity index (χ0n) is 21.2. The summed E-state index contributed by atoms with van der Waals surface area (Å²) in [4.78, 5) is 19.4. The molecule has 39 heavy (non-hydrogen) atoms. The summed E-state index contributed by atoms with van der Waals surface area (Å²) in [5.74, 6) is 0.793. The van der Waals surface area contributed by atoms with Gasteiger partial charge < -0.3 is 9.72 Å². The molecule has 5 heterocycles. The Kier molecular flexibility index (Phi) is 5.97. The van der Waals surface area contributed by atoms with E-state index in [4.69, 9.17) is 9.72 Å². The van der Waals surface area contributed by atoms with Crippen LogP contribution in [0.15, 0.2) is 73.2 Å². The van der Waals surface area contributed by atoms with E-state index in [2.05, 4.69) is 30.0 Å². The van der Waals surface area contributed by atoms with Gasteiger partial charge in [-0.3, -0.25) is 20.0 Å². The molecule has 8 nitrogen and oxygen atoms in total. The Morgan fingerprint density at radius 2 is 1.87 bits per heavy atom. The number of para-hydroxylation sites is 1. The quantitative estimate of drug-likeness (QED) is 0.275. The summed E-state index contributed by atoms with van der Waals surface area (Å²) >= 11 is 0. The Balaban J connectivity index is 1.23. The van der Waals surface area contributed by atoms with E-state index in [1.807, 2.05) is 42.5 Å². The van der Waals surface area contributed by atoms with Crippen LogP contribution in [0.5, 0.6) is 5.75 Å². The number of H-pyrrole nitrogens is 2. The monoisotopic (exact) mass is 519 g/mol. The van der Waals surface area contributed by atoms with Crippen molar-refractivity contribution in [3.63, 3.8) is 0 Å². The molecule has 9 heteroatoms. The van der Waals surface area contributed by atoms with Gasteiger partial charge in [-0.1, -0.05) is 12.1 Å². The molecule has 0 amide bonds. The van der Waals surface area contributed by atoms with Crippen LogP contribution < -0.4 is 4.74 Å². The molecule has 4 aromatic heterocycles. The van der Waals surface area contributed by atoms with Crippen LogP contribution in [0.2, 0.25) is 0 Å². The fourth-order valence-corrected chi connectivity index (χ4v) is 5.25. The van der Waals surface area contributed by atoms with Crippen LogP contribution in [0.25, 0.3) is 55.8 Å². The third kappa shape index (κ3) is 4.61. The van der Waals surface area contributed by atoms with Gasteiger partial charge in [0, 0.05) is 41.5 Å². The number of likely N-dealkylation sites (tertiary alicyclic amines) is 1. The number of hydrogen-bond acceptors (Lipinski definition) is 6. The van der Waals surface area contributed by atoms with E-state index in [1.54, 1.807) is 18.6 Å². The maximum atomic E-state index is 14.7. The zero-order chi connectivity index (χ0) is 26.2. The molecule has 0 saturated carbocycles. The predicted molar refractivity (Wildman–Crippen MR) is 149 cm³/mol. The molecule has 1 aliphatic rings. The number of rotatable bonds is 7. The first-order chi connectivity index (χ1) is 19.2. The third-order valence-corrected chi connectivity index (χ3v) is 7.20. The number of aromatic nitrogens is 6. The van der Waals surface area contributed by atoms with Crippen LogP contribution in [0.4, 0.5) is 4.39 Å². The Hall–Kier alpha value is -4.63. The molecule has 194 valence electrons. The predicted octanol–water partition coefficient (Wildman–Crippen LogP) is 5.84. The van der Waals surface area contributed by atoms with Crippen molar-refractivity contribution in [2.45, 2.75) is 12.8 Å². The zero-order valence-corrected chi connectivity index (χ0v) is 21.2. The van der Waals surface area contributed by atoms with Gasteiger partial charge in [0.15, 0.2) is 5.82 Å². The molecule has 2 N–H and O–H groups in total. The number of fused-ring (bicyclic) bond motifs is 2. The Morgan fingerprint density at radius 1 is 0.949 bits per heavy atom. The highest BCUT2D eigenvalue weighted by Gasteiger charge is 2.17. The lowest BCUT2D eigenvalue weighted by molar-refractivity contribution is 0.237. The number of halogens is 1.